The molecule has 0 fully saturated rings. The van der Waals surface area contributed by atoms with Gasteiger partial charge in [-0.25, -0.2) is 8.42 Å². The van der Waals surface area contributed by atoms with Gasteiger partial charge < -0.3 is 5.32 Å². The number of hydrogen-bond acceptors (Lipinski definition) is 4. The van der Waals surface area contributed by atoms with Crippen LogP contribution in [0.25, 0.3) is 0 Å². The van der Waals surface area contributed by atoms with Crippen LogP contribution in [0.4, 0.5) is 5.69 Å². The Labute approximate surface area is 169 Å². The van der Waals surface area contributed by atoms with E-state index in [0.717, 1.165) is 16.0 Å². The number of thiophene rings is 1. The predicted octanol–water partition coefficient (Wildman–Crippen LogP) is 4.40. The molecule has 146 valence electrons. The average Bonchev–Trinajstić information content (AvgIpc) is 3.07. The van der Waals surface area contributed by atoms with Crippen LogP contribution in [-0.2, 0) is 16.6 Å². The summed E-state index contributed by atoms with van der Waals surface area (Å²) >= 11 is 1.64. The molecule has 3 rings (SSSR count). The number of aryl methyl sites for hydroxylation is 3. The summed E-state index contributed by atoms with van der Waals surface area (Å²) in [5, 5.41) is 2.87. The third-order valence-electron chi connectivity index (χ3n) is 4.41. The lowest BCUT2D eigenvalue weighted by Crippen LogP contribution is -2.22. The van der Waals surface area contributed by atoms with Crippen LogP contribution in [0.2, 0.25) is 0 Å². The second-order valence-corrected chi connectivity index (χ2v) is 9.68. The van der Waals surface area contributed by atoms with E-state index < -0.39 is 10.0 Å². The van der Waals surface area contributed by atoms with Crippen molar-refractivity contribution < 1.29 is 13.2 Å². The fraction of sp³-hybridized carbons (Fsp3) is 0.190. The van der Waals surface area contributed by atoms with Gasteiger partial charge in [0.2, 0.25) is 0 Å². The van der Waals surface area contributed by atoms with Crippen LogP contribution in [0, 0.1) is 20.8 Å². The average molecular weight is 415 g/mol. The van der Waals surface area contributed by atoms with E-state index in [-0.39, 0.29) is 10.8 Å². The highest BCUT2D eigenvalue weighted by Gasteiger charge is 2.15. The van der Waals surface area contributed by atoms with Gasteiger partial charge in [-0.3, -0.25) is 9.52 Å². The zero-order valence-corrected chi connectivity index (χ0v) is 17.6. The second-order valence-electron chi connectivity index (χ2n) is 6.62. The van der Waals surface area contributed by atoms with Crippen LogP contribution in [0.5, 0.6) is 0 Å². The zero-order chi connectivity index (χ0) is 20.3. The summed E-state index contributed by atoms with van der Waals surface area (Å²) in [5.41, 5.74) is 2.83. The lowest BCUT2D eigenvalue weighted by Gasteiger charge is -2.10. The molecular weight excluding hydrogens is 392 g/mol. The lowest BCUT2D eigenvalue weighted by atomic mass is 10.1. The molecular formula is C21H22N2O3S2. The van der Waals surface area contributed by atoms with Crippen molar-refractivity contribution in [1.29, 1.82) is 0 Å². The molecule has 7 heteroatoms. The molecule has 0 atom stereocenters. The van der Waals surface area contributed by atoms with Crippen molar-refractivity contribution in [3.05, 3.63) is 81.0 Å². The van der Waals surface area contributed by atoms with E-state index in [1.54, 1.807) is 53.8 Å². The van der Waals surface area contributed by atoms with Crippen molar-refractivity contribution >= 4 is 33.0 Å². The van der Waals surface area contributed by atoms with Gasteiger partial charge in [0.15, 0.2) is 0 Å². The molecule has 1 heterocycles. The maximum atomic E-state index is 12.6. The van der Waals surface area contributed by atoms with E-state index in [2.05, 4.69) is 10.0 Å². The number of benzene rings is 2. The van der Waals surface area contributed by atoms with Crippen LogP contribution in [0.1, 0.15) is 31.2 Å². The first-order valence-corrected chi connectivity index (χ1v) is 11.1. The van der Waals surface area contributed by atoms with Gasteiger partial charge >= 0.3 is 0 Å². The van der Waals surface area contributed by atoms with Crippen LogP contribution in [0.3, 0.4) is 0 Å². The molecule has 0 saturated carbocycles. The first-order valence-electron chi connectivity index (χ1n) is 8.78. The predicted molar refractivity (Wildman–Crippen MR) is 113 cm³/mol. The molecule has 3 aromatic rings. The summed E-state index contributed by atoms with van der Waals surface area (Å²) in [7, 11) is -3.68. The number of sulfonamides is 1. The molecule has 2 N–H and O–H groups in total. The van der Waals surface area contributed by atoms with Crippen LogP contribution in [-0.4, -0.2) is 14.3 Å². The topological polar surface area (TPSA) is 75.3 Å². The summed E-state index contributed by atoms with van der Waals surface area (Å²) < 4.78 is 27.7. The Morgan fingerprint density at radius 2 is 1.64 bits per heavy atom. The summed E-state index contributed by atoms with van der Waals surface area (Å²) in [5.74, 6) is -0.199. The number of carbonyl (C=O) groups is 1. The third-order valence-corrected chi connectivity index (χ3v) is 6.79. The van der Waals surface area contributed by atoms with Crippen molar-refractivity contribution in [3.8, 4) is 0 Å². The minimum absolute atomic E-state index is 0.199. The fourth-order valence-electron chi connectivity index (χ4n) is 2.63. The Morgan fingerprint density at radius 3 is 2.25 bits per heavy atom. The van der Waals surface area contributed by atoms with E-state index in [4.69, 9.17) is 0 Å². The van der Waals surface area contributed by atoms with Crippen molar-refractivity contribution in [2.45, 2.75) is 32.2 Å². The number of hydrogen-bond donors (Lipinski definition) is 2. The van der Waals surface area contributed by atoms with Gasteiger partial charge in [-0.1, -0.05) is 6.07 Å². The molecule has 0 aliphatic carbocycles. The summed E-state index contributed by atoms with van der Waals surface area (Å²) in [6, 6.07) is 15.4. The monoisotopic (exact) mass is 414 g/mol. The van der Waals surface area contributed by atoms with E-state index in [1.165, 1.54) is 4.88 Å². The summed E-state index contributed by atoms with van der Waals surface area (Å²) in [4.78, 5) is 14.8. The molecule has 0 unspecified atom stereocenters. The van der Waals surface area contributed by atoms with Crippen molar-refractivity contribution in [2.24, 2.45) is 0 Å². The molecule has 1 amide bonds. The second kappa shape index (κ2) is 8.16. The highest BCUT2D eigenvalue weighted by atomic mass is 32.2. The van der Waals surface area contributed by atoms with Gasteiger partial charge in [-0.05, 0) is 80.4 Å². The number of anilines is 1. The van der Waals surface area contributed by atoms with Gasteiger partial charge in [0, 0.05) is 21.0 Å². The summed E-state index contributed by atoms with van der Waals surface area (Å²) in [6.45, 7) is 6.30. The fourth-order valence-corrected chi connectivity index (χ4v) is 4.61. The first-order chi connectivity index (χ1) is 13.2. The Bertz CT molecular complexity index is 1100. The van der Waals surface area contributed by atoms with E-state index in [9.17, 15) is 13.2 Å². The highest BCUT2D eigenvalue weighted by molar-refractivity contribution is 7.92. The van der Waals surface area contributed by atoms with Crippen molar-refractivity contribution in [2.75, 3.05) is 4.72 Å². The molecule has 0 spiro atoms. The van der Waals surface area contributed by atoms with Crippen LogP contribution < -0.4 is 10.0 Å². The molecule has 0 saturated heterocycles. The Morgan fingerprint density at radius 1 is 0.929 bits per heavy atom. The minimum atomic E-state index is -3.68. The SMILES string of the molecule is Cc1ccc(CNC(=O)c2ccc(NS(=O)(=O)c3ccc(C)c(C)c3)cc2)s1. The van der Waals surface area contributed by atoms with Gasteiger partial charge in [-0.15, -0.1) is 11.3 Å². The molecule has 2 aromatic carbocycles. The third kappa shape index (κ3) is 4.79. The first kappa shape index (κ1) is 20.1. The highest BCUT2D eigenvalue weighted by Crippen LogP contribution is 2.19. The van der Waals surface area contributed by atoms with E-state index in [0.29, 0.717) is 17.8 Å². The van der Waals surface area contributed by atoms with Crippen molar-refractivity contribution in [1.82, 2.24) is 5.32 Å². The Kier molecular flexibility index (Phi) is 5.86. The zero-order valence-electron chi connectivity index (χ0n) is 15.9. The van der Waals surface area contributed by atoms with Gasteiger partial charge in [0.25, 0.3) is 15.9 Å². The van der Waals surface area contributed by atoms with Crippen LogP contribution >= 0.6 is 11.3 Å². The molecule has 0 aliphatic rings. The van der Waals surface area contributed by atoms with E-state index in [1.807, 2.05) is 32.9 Å². The number of rotatable bonds is 6. The molecule has 0 bridgehead atoms. The lowest BCUT2D eigenvalue weighted by molar-refractivity contribution is 0.0951. The minimum Gasteiger partial charge on any atom is -0.347 e. The molecule has 0 radical (unpaired) electrons. The van der Waals surface area contributed by atoms with E-state index >= 15 is 0 Å². The largest absolute Gasteiger partial charge is 0.347 e. The number of carbonyl (C=O) groups excluding carboxylic acids is 1. The van der Waals surface area contributed by atoms with Gasteiger partial charge in [-0.2, -0.15) is 0 Å². The molecule has 5 nitrogen and oxygen atoms in total. The number of nitrogens with one attached hydrogen (secondary N) is 2. The molecule has 1 aromatic heterocycles. The smallest absolute Gasteiger partial charge is 0.261 e. The van der Waals surface area contributed by atoms with Gasteiger partial charge in [0.05, 0.1) is 11.4 Å². The maximum absolute atomic E-state index is 12.6. The maximum Gasteiger partial charge on any atom is 0.261 e. The van der Waals surface area contributed by atoms with Crippen molar-refractivity contribution in [3.63, 3.8) is 0 Å². The number of amides is 1. The molecule has 0 aliphatic heterocycles. The molecule has 28 heavy (non-hydrogen) atoms. The Hall–Kier alpha value is -2.64. The summed E-state index contributed by atoms with van der Waals surface area (Å²) in [6.07, 6.45) is 0. The normalized spacial score (nSPS) is 11.2. The quantitative estimate of drug-likeness (QED) is 0.628. The van der Waals surface area contributed by atoms with Gasteiger partial charge in [0.1, 0.15) is 0 Å². The van der Waals surface area contributed by atoms with Crippen LogP contribution in [0.15, 0.2) is 59.5 Å². The standard InChI is InChI=1S/C21H22N2O3S2/c1-14-4-11-20(12-15(14)2)28(25,26)23-18-8-6-17(7-9-18)21(24)22-13-19-10-5-16(3)27-19/h4-12,23H,13H2,1-3H3,(H,22,24). The Balaban J connectivity index is 1.66.